The van der Waals surface area contributed by atoms with Crippen LogP contribution in [0.2, 0.25) is 0 Å². The first-order chi connectivity index (χ1) is 23.0. The number of carbonyl (C=O) groups is 1. The number of fused-ring (bicyclic) bond motifs is 8. The number of nitrogens with one attached hydrogen (secondary N) is 1. The van der Waals surface area contributed by atoms with Crippen LogP contribution >= 0.6 is 0 Å². The summed E-state index contributed by atoms with van der Waals surface area (Å²) in [4.78, 5) is 19.2. The Morgan fingerprint density at radius 2 is 1.88 bits per heavy atom. The van der Waals surface area contributed by atoms with Gasteiger partial charge in [0.25, 0.3) is 0 Å². The van der Waals surface area contributed by atoms with Crippen LogP contribution in [0.4, 0.5) is 8.78 Å². The van der Waals surface area contributed by atoms with Gasteiger partial charge in [0.05, 0.1) is 22.3 Å². The highest BCUT2D eigenvalue weighted by molar-refractivity contribution is 7.85. The molecule has 6 rings (SSSR count). The maximum absolute atomic E-state index is 15.6. The van der Waals surface area contributed by atoms with Gasteiger partial charge in [-0.25, -0.2) is 18.4 Å². The summed E-state index contributed by atoms with van der Waals surface area (Å²) in [5.41, 5.74) is 1.52. The van der Waals surface area contributed by atoms with Gasteiger partial charge in [-0.1, -0.05) is 24.3 Å². The van der Waals surface area contributed by atoms with Crippen molar-refractivity contribution in [2.45, 2.75) is 51.0 Å². The number of aromatic amines is 1. The lowest BCUT2D eigenvalue weighted by molar-refractivity contribution is -0.107. The molecule has 3 aromatic carbocycles. The Bertz CT molecular complexity index is 1960. The number of rotatable bonds is 3. The van der Waals surface area contributed by atoms with Gasteiger partial charge < -0.3 is 24.4 Å². The normalized spacial score (nSPS) is 19.6. The molecule has 2 unspecified atom stereocenters. The first-order valence-corrected chi connectivity index (χ1v) is 17.1. The zero-order valence-electron chi connectivity index (χ0n) is 27.7. The van der Waals surface area contributed by atoms with E-state index >= 15 is 8.78 Å². The van der Waals surface area contributed by atoms with Gasteiger partial charge in [0.1, 0.15) is 17.9 Å². The summed E-state index contributed by atoms with van der Waals surface area (Å²) in [5.74, 6) is 0.337. The molecule has 4 bridgehead atoms. The first-order valence-electron chi connectivity index (χ1n) is 15.6. The van der Waals surface area contributed by atoms with Crippen molar-refractivity contribution in [3.8, 4) is 22.9 Å². The monoisotopic (exact) mass is 678 g/mol. The van der Waals surface area contributed by atoms with Gasteiger partial charge >= 0.3 is 0 Å². The molecule has 0 saturated heterocycles. The predicted octanol–water partition coefficient (Wildman–Crippen LogP) is 6.18. The summed E-state index contributed by atoms with van der Waals surface area (Å²) in [6.07, 6.45) is 3.59. The highest BCUT2D eigenvalue weighted by Crippen LogP contribution is 2.39. The molecule has 2 N–H and O–H groups in total. The summed E-state index contributed by atoms with van der Waals surface area (Å²) >= 11 is 0. The van der Waals surface area contributed by atoms with Crippen molar-refractivity contribution in [1.82, 2.24) is 19.7 Å². The maximum atomic E-state index is 15.6. The van der Waals surface area contributed by atoms with Gasteiger partial charge in [0.15, 0.2) is 23.2 Å². The van der Waals surface area contributed by atoms with E-state index in [9.17, 15) is 9.00 Å². The molecule has 0 saturated carbocycles. The van der Waals surface area contributed by atoms with Gasteiger partial charge in [-0.2, -0.15) is 5.10 Å². The Hall–Kier alpha value is -4.26. The SMILES string of the molecule is CO.Cn1nc2nc1-c1cc(ccc1F)Oc1c(F)cc3[nH]ccc3c1CCS(=O)CC(C)(C)OCCC2(C)c1cccc(CC=O)c1. The highest BCUT2D eigenvalue weighted by atomic mass is 32.2. The molecule has 0 aliphatic carbocycles. The lowest BCUT2D eigenvalue weighted by Crippen LogP contribution is -2.35. The standard InChI is InChI=1S/C35H36F2N4O4S.CH4O/c1-34(2)21-46(43)17-12-26-25-10-14-38-30(25)20-29(37)31(26)45-24-8-9-28(36)27(19-24)32-39-33(40-41(32)4)35(3,13-16-44-34)23-7-5-6-22(18-23)11-15-42;1-2/h5-10,14-15,18-20,38H,11-13,16-17,21H2,1-4H3;2H,1H3. The molecular formula is C36H40F2N4O5S. The van der Waals surface area contributed by atoms with Crippen molar-refractivity contribution >= 4 is 28.0 Å². The van der Waals surface area contributed by atoms with Crippen LogP contribution in [-0.2, 0) is 45.6 Å². The van der Waals surface area contributed by atoms with Crippen LogP contribution in [0.15, 0.2) is 60.8 Å². The summed E-state index contributed by atoms with van der Waals surface area (Å²) < 4.78 is 58.5. The number of aliphatic hydroxyl groups is 1. The van der Waals surface area contributed by atoms with Gasteiger partial charge in [-0.05, 0) is 69.0 Å². The number of nitrogens with zero attached hydrogens (tertiary/aromatic N) is 3. The topological polar surface area (TPSA) is 119 Å². The fourth-order valence-electron chi connectivity index (χ4n) is 6.06. The molecule has 0 radical (unpaired) electrons. The van der Waals surface area contributed by atoms with Crippen molar-refractivity contribution in [3.05, 3.63) is 94.9 Å². The molecule has 0 spiro atoms. The van der Waals surface area contributed by atoms with E-state index in [0.29, 0.717) is 36.4 Å². The van der Waals surface area contributed by atoms with Crippen molar-refractivity contribution in [3.63, 3.8) is 0 Å². The van der Waals surface area contributed by atoms with E-state index in [1.807, 2.05) is 51.1 Å². The van der Waals surface area contributed by atoms with E-state index in [2.05, 4.69) is 4.98 Å². The number of aldehydes is 1. The fraction of sp³-hybridized carbons (Fsp3) is 0.361. The van der Waals surface area contributed by atoms with E-state index in [1.165, 1.54) is 28.9 Å². The van der Waals surface area contributed by atoms with E-state index in [0.717, 1.165) is 29.9 Å². The number of H-pyrrole nitrogens is 1. The number of aryl methyl sites for hydroxylation is 2. The van der Waals surface area contributed by atoms with Crippen molar-refractivity contribution in [2.24, 2.45) is 7.05 Å². The lowest BCUT2D eigenvalue weighted by Gasteiger charge is -2.31. The van der Waals surface area contributed by atoms with E-state index in [1.54, 1.807) is 13.2 Å². The first kappa shape index (κ1) is 35.1. The van der Waals surface area contributed by atoms with Crippen LogP contribution in [0.1, 0.15) is 49.7 Å². The van der Waals surface area contributed by atoms with Crippen molar-refractivity contribution < 1.29 is 32.4 Å². The Morgan fingerprint density at radius 1 is 1.08 bits per heavy atom. The molecule has 12 heteroatoms. The predicted molar refractivity (Wildman–Crippen MR) is 182 cm³/mol. The number of benzene rings is 3. The highest BCUT2D eigenvalue weighted by Gasteiger charge is 2.36. The van der Waals surface area contributed by atoms with Crippen LogP contribution in [0.5, 0.6) is 11.5 Å². The van der Waals surface area contributed by atoms with Gasteiger partial charge in [0.2, 0.25) is 0 Å². The molecule has 2 atom stereocenters. The van der Waals surface area contributed by atoms with Crippen LogP contribution in [-0.4, -0.2) is 66.2 Å². The Balaban J connectivity index is 0.00000221. The summed E-state index contributed by atoms with van der Waals surface area (Å²) in [6.45, 7) is 6.09. The minimum atomic E-state index is -1.30. The number of hydrogen-bond acceptors (Lipinski definition) is 7. The third kappa shape index (κ3) is 7.25. The van der Waals surface area contributed by atoms with Gasteiger partial charge in [-0.15, -0.1) is 0 Å². The van der Waals surface area contributed by atoms with Gasteiger partial charge in [-0.3, -0.25) is 4.21 Å². The molecule has 3 heterocycles. The molecule has 0 fully saturated rings. The summed E-state index contributed by atoms with van der Waals surface area (Å²) in [5, 5.41) is 12.5. The largest absolute Gasteiger partial charge is 0.454 e. The number of hydrogen-bond donors (Lipinski definition) is 2. The average Bonchev–Trinajstić information content (AvgIpc) is 3.68. The van der Waals surface area contributed by atoms with Gasteiger partial charge in [0, 0.05) is 72.5 Å². The van der Waals surface area contributed by atoms with Crippen LogP contribution in [0, 0.1) is 11.6 Å². The fourth-order valence-corrected chi connectivity index (χ4v) is 7.50. The molecule has 9 nitrogen and oxygen atoms in total. The van der Waals surface area contributed by atoms with Crippen molar-refractivity contribution in [1.29, 1.82) is 0 Å². The third-order valence-electron chi connectivity index (χ3n) is 8.59. The Kier molecular flexibility index (Phi) is 10.6. The van der Waals surface area contributed by atoms with E-state index in [-0.39, 0.29) is 40.8 Å². The third-order valence-corrected chi connectivity index (χ3v) is 10.3. The number of aliphatic hydroxyl groups excluding tert-OH is 1. The van der Waals surface area contributed by atoms with E-state index < -0.39 is 33.5 Å². The smallest absolute Gasteiger partial charge is 0.168 e. The number of halogens is 2. The van der Waals surface area contributed by atoms with Crippen LogP contribution in [0.25, 0.3) is 22.3 Å². The van der Waals surface area contributed by atoms with E-state index in [4.69, 9.17) is 24.7 Å². The number of aromatic nitrogens is 4. The summed E-state index contributed by atoms with van der Waals surface area (Å²) in [7, 11) is 1.39. The zero-order valence-corrected chi connectivity index (χ0v) is 28.5. The average molecular weight is 679 g/mol. The minimum absolute atomic E-state index is 0.000259. The lowest BCUT2D eigenvalue weighted by atomic mass is 9.78. The molecule has 5 aromatic rings. The zero-order chi connectivity index (χ0) is 34.6. The number of ether oxygens (including phenoxy) is 2. The molecule has 2 aromatic heterocycles. The Morgan fingerprint density at radius 3 is 2.65 bits per heavy atom. The second-order valence-corrected chi connectivity index (χ2v) is 14.1. The van der Waals surface area contributed by atoms with Crippen LogP contribution in [0.3, 0.4) is 0 Å². The molecule has 254 valence electrons. The molecular weight excluding hydrogens is 638 g/mol. The second-order valence-electron chi connectivity index (χ2n) is 12.5. The molecule has 0 amide bonds. The minimum Gasteiger partial charge on any atom is -0.454 e. The van der Waals surface area contributed by atoms with Crippen LogP contribution < -0.4 is 4.74 Å². The summed E-state index contributed by atoms with van der Waals surface area (Å²) in [6, 6.07) is 15.1. The molecule has 1 aliphatic rings. The molecule has 48 heavy (non-hydrogen) atoms. The quantitative estimate of drug-likeness (QED) is 0.219. The number of carbonyl (C=O) groups excluding carboxylic acids is 1. The Labute approximate surface area is 280 Å². The second kappa shape index (κ2) is 14.5. The molecule has 1 aliphatic heterocycles. The maximum Gasteiger partial charge on any atom is 0.168 e. The van der Waals surface area contributed by atoms with Crippen molar-refractivity contribution in [2.75, 3.05) is 25.2 Å².